The van der Waals surface area contributed by atoms with Gasteiger partial charge in [0.15, 0.2) is 0 Å². The van der Waals surface area contributed by atoms with Crippen LogP contribution in [-0.4, -0.2) is 27.8 Å². The van der Waals surface area contributed by atoms with E-state index < -0.39 is 0 Å². The largest absolute Gasteiger partial charge is 0.497 e. The van der Waals surface area contributed by atoms with E-state index in [2.05, 4.69) is 45.0 Å². The van der Waals surface area contributed by atoms with Gasteiger partial charge in [-0.1, -0.05) is 56.3 Å². The van der Waals surface area contributed by atoms with Crippen molar-refractivity contribution in [2.75, 3.05) is 17.7 Å². The van der Waals surface area contributed by atoms with Crippen molar-refractivity contribution in [3.8, 4) is 5.75 Å². The van der Waals surface area contributed by atoms with E-state index in [0.29, 0.717) is 11.9 Å². The molecule has 3 aromatic rings. The second-order valence-corrected chi connectivity index (χ2v) is 7.48. The van der Waals surface area contributed by atoms with E-state index in [4.69, 9.17) is 4.74 Å². The van der Waals surface area contributed by atoms with Crippen molar-refractivity contribution in [1.82, 2.24) is 14.8 Å². The van der Waals surface area contributed by atoms with E-state index in [1.807, 2.05) is 48.9 Å². The fraction of sp³-hybridized carbons (Fsp3) is 0.318. The molecule has 1 amide bonds. The van der Waals surface area contributed by atoms with Crippen molar-refractivity contribution in [2.24, 2.45) is 5.92 Å². The van der Waals surface area contributed by atoms with Crippen LogP contribution >= 0.6 is 0 Å². The molecule has 0 bridgehead atoms. The molecule has 2 atom stereocenters. The summed E-state index contributed by atoms with van der Waals surface area (Å²) in [5.41, 5.74) is 2.30. The number of nitrogens with zero attached hydrogens (tertiary/aromatic N) is 3. The van der Waals surface area contributed by atoms with Gasteiger partial charge in [-0.05, 0) is 29.7 Å². The van der Waals surface area contributed by atoms with Gasteiger partial charge >= 0.3 is 0 Å². The SMILES string of the molecule is COc1ccc([C@H]2C[C@H](c3ccccc3)n3nc(NC(=O)C(C)C)nc3N2)cc1. The molecule has 2 heterocycles. The number of amides is 1. The topological polar surface area (TPSA) is 81.1 Å². The molecule has 0 saturated heterocycles. The number of anilines is 2. The molecule has 0 fully saturated rings. The second kappa shape index (κ2) is 7.95. The lowest BCUT2D eigenvalue weighted by Crippen LogP contribution is -2.28. The van der Waals surface area contributed by atoms with Crippen molar-refractivity contribution < 1.29 is 9.53 Å². The van der Waals surface area contributed by atoms with Crippen LogP contribution in [0.2, 0.25) is 0 Å². The quantitative estimate of drug-likeness (QED) is 0.686. The minimum absolute atomic E-state index is 0.0109. The summed E-state index contributed by atoms with van der Waals surface area (Å²) in [6.07, 6.45) is 0.810. The first-order valence-corrected chi connectivity index (χ1v) is 9.78. The minimum Gasteiger partial charge on any atom is -0.497 e. The molecule has 0 saturated carbocycles. The third-order valence-corrected chi connectivity index (χ3v) is 5.15. The Morgan fingerprint density at radius 2 is 1.86 bits per heavy atom. The molecule has 1 aliphatic rings. The van der Waals surface area contributed by atoms with E-state index in [0.717, 1.165) is 23.3 Å². The molecule has 2 aromatic carbocycles. The summed E-state index contributed by atoms with van der Waals surface area (Å²) in [6.45, 7) is 3.69. The van der Waals surface area contributed by atoms with Gasteiger partial charge < -0.3 is 10.1 Å². The lowest BCUT2D eigenvalue weighted by Gasteiger charge is -2.31. The number of hydrogen-bond acceptors (Lipinski definition) is 5. The van der Waals surface area contributed by atoms with Crippen LogP contribution in [0.4, 0.5) is 11.9 Å². The van der Waals surface area contributed by atoms with Crippen LogP contribution in [0.15, 0.2) is 54.6 Å². The Hall–Kier alpha value is -3.35. The number of benzene rings is 2. The molecule has 7 nitrogen and oxygen atoms in total. The number of methoxy groups -OCH3 is 1. The monoisotopic (exact) mass is 391 g/mol. The number of nitrogens with one attached hydrogen (secondary N) is 2. The molecule has 1 aromatic heterocycles. The third kappa shape index (κ3) is 3.94. The van der Waals surface area contributed by atoms with Crippen LogP contribution in [0.25, 0.3) is 0 Å². The third-order valence-electron chi connectivity index (χ3n) is 5.15. The summed E-state index contributed by atoms with van der Waals surface area (Å²) in [4.78, 5) is 16.6. The maximum Gasteiger partial charge on any atom is 0.250 e. The van der Waals surface area contributed by atoms with E-state index in [-0.39, 0.29) is 23.9 Å². The molecule has 4 rings (SSSR count). The average Bonchev–Trinajstić information content (AvgIpc) is 3.16. The van der Waals surface area contributed by atoms with E-state index in [1.54, 1.807) is 7.11 Å². The van der Waals surface area contributed by atoms with Gasteiger partial charge in [-0.2, -0.15) is 4.98 Å². The van der Waals surface area contributed by atoms with Gasteiger partial charge in [-0.15, -0.1) is 5.10 Å². The van der Waals surface area contributed by atoms with Crippen LogP contribution in [0.1, 0.15) is 43.5 Å². The fourth-order valence-corrected chi connectivity index (χ4v) is 3.49. The maximum atomic E-state index is 12.1. The number of carbonyl (C=O) groups excluding carboxylic acids is 1. The molecular formula is C22H25N5O2. The highest BCUT2D eigenvalue weighted by molar-refractivity contribution is 5.90. The summed E-state index contributed by atoms with van der Waals surface area (Å²) < 4.78 is 7.14. The first-order valence-electron chi connectivity index (χ1n) is 9.78. The number of ether oxygens (including phenoxy) is 1. The zero-order chi connectivity index (χ0) is 20.4. The Morgan fingerprint density at radius 3 is 2.52 bits per heavy atom. The Kier molecular flexibility index (Phi) is 5.20. The van der Waals surface area contributed by atoms with Crippen molar-refractivity contribution in [3.05, 3.63) is 65.7 Å². The minimum atomic E-state index is -0.138. The Bertz CT molecular complexity index is 982. The van der Waals surface area contributed by atoms with E-state index >= 15 is 0 Å². The predicted octanol–water partition coefficient (Wildman–Crippen LogP) is 4.03. The van der Waals surface area contributed by atoms with Gasteiger partial charge in [0.2, 0.25) is 11.9 Å². The average molecular weight is 391 g/mol. The summed E-state index contributed by atoms with van der Waals surface area (Å²) in [5, 5.41) is 10.8. The molecular weight excluding hydrogens is 366 g/mol. The zero-order valence-electron chi connectivity index (χ0n) is 16.8. The van der Waals surface area contributed by atoms with Gasteiger partial charge in [0.05, 0.1) is 19.2 Å². The van der Waals surface area contributed by atoms with Crippen LogP contribution in [0, 0.1) is 5.92 Å². The molecule has 1 aliphatic heterocycles. The number of rotatable bonds is 5. The Morgan fingerprint density at radius 1 is 1.14 bits per heavy atom. The summed E-state index contributed by atoms with van der Waals surface area (Å²) in [5.74, 6) is 1.55. The van der Waals surface area contributed by atoms with Gasteiger partial charge in [-0.25, -0.2) is 4.68 Å². The predicted molar refractivity (Wildman–Crippen MR) is 112 cm³/mol. The molecule has 0 spiro atoms. The highest BCUT2D eigenvalue weighted by Crippen LogP contribution is 2.38. The number of aromatic nitrogens is 3. The van der Waals surface area contributed by atoms with Gasteiger partial charge in [0.25, 0.3) is 5.95 Å². The lowest BCUT2D eigenvalue weighted by atomic mass is 9.93. The van der Waals surface area contributed by atoms with Crippen molar-refractivity contribution >= 4 is 17.8 Å². The molecule has 2 N–H and O–H groups in total. The first-order chi connectivity index (χ1) is 14.0. The van der Waals surface area contributed by atoms with Crippen molar-refractivity contribution in [2.45, 2.75) is 32.4 Å². The molecule has 150 valence electrons. The van der Waals surface area contributed by atoms with Crippen LogP contribution < -0.4 is 15.4 Å². The number of hydrogen-bond donors (Lipinski definition) is 2. The van der Waals surface area contributed by atoms with E-state index in [1.165, 1.54) is 0 Å². The fourth-order valence-electron chi connectivity index (χ4n) is 3.49. The number of fused-ring (bicyclic) bond motifs is 1. The summed E-state index contributed by atoms with van der Waals surface area (Å²) in [7, 11) is 1.66. The van der Waals surface area contributed by atoms with Crippen LogP contribution in [0.5, 0.6) is 5.75 Å². The molecule has 7 heteroatoms. The van der Waals surface area contributed by atoms with Crippen molar-refractivity contribution in [1.29, 1.82) is 0 Å². The van der Waals surface area contributed by atoms with E-state index in [9.17, 15) is 4.79 Å². The highest BCUT2D eigenvalue weighted by atomic mass is 16.5. The molecule has 29 heavy (non-hydrogen) atoms. The maximum absolute atomic E-state index is 12.1. The zero-order valence-corrected chi connectivity index (χ0v) is 16.8. The normalized spacial score (nSPS) is 18.1. The second-order valence-electron chi connectivity index (χ2n) is 7.48. The standard InChI is InChI=1S/C22H25N5O2/c1-14(2)20(28)24-21-25-22-23-18(15-9-11-17(29-3)12-10-15)13-19(27(22)26-21)16-7-5-4-6-8-16/h4-12,14,18-19H,13H2,1-3H3,(H2,23,24,25,26,28)/t18-,19-/m1/s1. The Labute approximate surface area is 170 Å². The molecule has 0 radical (unpaired) electrons. The summed E-state index contributed by atoms with van der Waals surface area (Å²) >= 11 is 0. The van der Waals surface area contributed by atoms with Gasteiger partial charge in [-0.3, -0.25) is 10.1 Å². The van der Waals surface area contributed by atoms with Crippen molar-refractivity contribution in [3.63, 3.8) is 0 Å². The highest BCUT2D eigenvalue weighted by Gasteiger charge is 2.31. The van der Waals surface area contributed by atoms with Gasteiger partial charge in [0.1, 0.15) is 5.75 Å². The lowest BCUT2D eigenvalue weighted by molar-refractivity contribution is -0.118. The van der Waals surface area contributed by atoms with Crippen LogP contribution in [0.3, 0.4) is 0 Å². The number of carbonyl (C=O) groups is 1. The first kappa shape index (κ1) is 19.0. The Balaban J connectivity index is 1.69. The van der Waals surface area contributed by atoms with Crippen LogP contribution in [-0.2, 0) is 4.79 Å². The van der Waals surface area contributed by atoms with Gasteiger partial charge in [0, 0.05) is 5.92 Å². The molecule has 0 unspecified atom stereocenters. The summed E-state index contributed by atoms with van der Waals surface area (Å²) in [6, 6.07) is 18.4. The molecule has 0 aliphatic carbocycles. The smallest absolute Gasteiger partial charge is 0.250 e.